The van der Waals surface area contributed by atoms with E-state index in [1.54, 1.807) is 12.4 Å². The zero-order valence-electron chi connectivity index (χ0n) is 9.80. The Morgan fingerprint density at radius 2 is 2.17 bits per heavy atom. The van der Waals surface area contributed by atoms with Crippen molar-refractivity contribution in [2.45, 2.75) is 19.4 Å². The predicted octanol–water partition coefficient (Wildman–Crippen LogP) is 1.37. The van der Waals surface area contributed by atoms with Crippen LogP contribution in [-0.2, 0) is 17.8 Å². The lowest BCUT2D eigenvalue weighted by atomic mass is 10.1. The molecule has 6 heteroatoms. The molecule has 5 nitrogen and oxygen atoms in total. The highest BCUT2D eigenvalue weighted by Crippen LogP contribution is 2.10. The van der Waals surface area contributed by atoms with Gasteiger partial charge in [0.1, 0.15) is 0 Å². The molecular formula is C12H14N4OS. The number of nitrogens with two attached hydrogens (primary N) is 1. The molecule has 0 fully saturated rings. The van der Waals surface area contributed by atoms with Gasteiger partial charge in [-0.3, -0.25) is 9.78 Å². The van der Waals surface area contributed by atoms with Crippen LogP contribution in [0.15, 0.2) is 29.9 Å². The van der Waals surface area contributed by atoms with Crippen molar-refractivity contribution in [1.29, 1.82) is 0 Å². The molecule has 0 aliphatic rings. The summed E-state index contributed by atoms with van der Waals surface area (Å²) in [6.07, 6.45) is 4.63. The van der Waals surface area contributed by atoms with E-state index in [9.17, 15) is 4.79 Å². The number of nitrogen functional groups attached to an aromatic ring is 1. The largest absolute Gasteiger partial charge is 0.375 e. The fourth-order valence-electron chi connectivity index (χ4n) is 1.49. The molecule has 2 aromatic rings. The Hall–Kier alpha value is -1.95. The van der Waals surface area contributed by atoms with Crippen molar-refractivity contribution < 1.29 is 4.79 Å². The Kier molecular flexibility index (Phi) is 4.25. The zero-order chi connectivity index (χ0) is 12.8. The summed E-state index contributed by atoms with van der Waals surface area (Å²) in [7, 11) is 0. The summed E-state index contributed by atoms with van der Waals surface area (Å²) in [6.45, 7) is 0.433. The second kappa shape index (κ2) is 6.11. The third kappa shape index (κ3) is 3.81. The van der Waals surface area contributed by atoms with E-state index < -0.39 is 0 Å². The van der Waals surface area contributed by atoms with Gasteiger partial charge < -0.3 is 11.1 Å². The van der Waals surface area contributed by atoms with Gasteiger partial charge in [0.05, 0.1) is 12.2 Å². The van der Waals surface area contributed by atoms with Crippen LogP contribution >= 0.6 is 11.3 Å². The van der Waals surface area contributed by atoms with Gasteiger partial charge in [0.2, 0.25) is 5.91 Å². The summed E-state index contributed by atoms with van der Waals surface area (Å²) >= 11 is 1.37. The van der Waals surface area contributed by atoms with E-state index in [0.29, 0.717) is 24.5 Å². The van der Waals surface area contributed by atoms with Crippen LogP contribution in [0.25, 0.3) is 0 Å². The minimum atomic E-state index is 0.0124. The first kappa shape index (κ1) is 12.5. The normalized spacial score (nSPS) is 10.2. The number of hydrogen-bond donors (Lipinski definition) is 2. The molecule has 0 aromatic carbocycles. The van der Waals surface area contributed by atoms with Crippen molar-refractivity contribution in [1.82, 2.24) is 15.3 Å². The van der Waals surface area contributed by atoms with Crippen LogP contribution < -0.4 is 11.1 Å². The molecule has 2 rings (SSSR count). The number of aromatic nitrogens is 2. The van der Waals surface area contributed by atoms with Gasteiger partial charge in [0, 0.05) is 24.2 Å². The minimum absolute atomic E-state index is 0.0124. The lowest BCUT2D eigenvalue weighted by Gasteiger charge is -2.03. The van der Waals surface area contributed by atoms with Crippen molar-refractivity contribution >= 4 is 22.4 Å². The molecule has 2 aromatic heterocycles. The number of pyridine rings is 1. The maximum atomic E-state index is 11.6. The van der Waals surface area contributed by atoms with E-state index in [2.05, 4.69) is 15.3 Å². The Morgan fingerprint density at radius 3 is 2.83 bits per heavy atom. The molecule has 0 saturated heterocycles. The standard InChI is InChI=1S/C12H14N4OS/c13-12-16-10(8-18-12)7-15-11(17)2-1-9-3-5-14-6-4-9/h3-6,8H,1-2,7H2,(H2,13,16)(H,15,17). The van der Waals surface area contributed by atoms with Crippen LogP contribution in [0.4, 0.5) is 5.13 Å². The summed E-state index contributed by atoms with van der Waals surface area (Å²) in [6, 6.07) is 3.82. The first-order valence-corrected chi connectivity index (χ1v) is 6.47. The maximum absolute atomic E-state index is 11.6. The number of aryl methyl sites for hydroxylation is 1. The number of amides is 1. The van der Waals surface area contributed by atoms with Crippen LogP contribution in [-0.4, -0.2) is 15.9 Å². The quantitative estimate of drug-likeness (QED) is 0.852. The van der Waals surface area contributed by atoms with Gasteiger partial charge in [0.15, 0.2) is 5.13 Å². The SMILES string of the molecule is Nc1nc(CNC(=O)CCc2ccncc2)cs1. The number of nitrogens with one attached hydrogen (secondary N) is 1. The van der Waals surface area contributed by atoms with Gasteiger partial charge in [-0.1, -0.05) is 0 Å². The van der Waals surface area contributed by atoms with Crippen LogP contribution in [0.1, 0.15) is 17.7 Å². The van der Waals surface area contributed by atoms with Gasteiger partial charge in [0.25, 0.3) is 0 Å². The molecule has 1 amide bonds. The van der Waals surface area contributed by atoms with Crippen LogP contribution in [0, 0.1) is 0 Å². The molecule has 2 heterocycles. The van der Waals surface area contributed by atoms with E-state index in [4.69, 9.17) is 5.73 Å². The van der Waals surface area contributed by atoms with Crippen LogP contribution in [0.2, 0.25) is 0 Å². The number of carbonyl (C=O) groups is 1. The number of anilines is 1. The van der Waals surface area contributed by atoms with Crippen molar-refractivity contribution in [2.24, 2.45) is 0 Å². The van der Waals surface area contributed by atoms with Crippen molar-refractivity contribution in [2.75, 3.05) is 5.73 Å². The number of carbonyl (C=O) groups excluding carboxylic acids is 1. The van der Waals surface area contributed by atoms with Gasteiger partial charge >= 0.3 is 0 Å². The highest BCUT2D eigenvalue weighted by atomic mass is 32.1. The maximum Gasteiger partial charge on any atom is 0.220 e. The molecule has 18 heavy (non-hydrogen) atoms. The second-order valence-corrected chi connectivity index (χ2v) is 4.70. The molecule has 0 bridgehead atoms. The summed E-state index contributed by atoms with van der Waals surface area (Å²) in [5.74, 6) is 0.0124. The fraction of sp³-hybridized carbons (Fsp3) is 0.250. The van der Waals surface area contributed by atoms with Crippen LogP contribution in [0.5, 0.6) is 0 Å². The first-order chi connectivity index (χ1) is 8.74. The minimum Gasteiger partial charge on any atom is -0.375 e. The Balaban J connectivity index is 1.73. The highest BCUT2D eigenvalue weighted by molar-refractivity contribution is 7.13. The Bertz CT molecular complexity index is 512. The summed E-state index contributed by atoms with van der Waals surface area (Å²) < 4.78 is 0. The monoisotopic (exact) mass is 262 g/mol. The third-order valence-corrected chi connectivity index (χ3v) is 3.15. The van der Waals surface area contributed by atoms with E-state index in [1.807, 2.05) is 17.5 Å². The molecule has 0 aliphatic heterocycles. The summed E-state index contributed by atoms with van der Waals surface area (Å²) in [4.78, 5) is 19.6. The predicted molar refractivity (Wildman–Crippen MR) is 70.9 cm³/mol. The lowest BCUT2D eigenvalue weighted by molar-refractivity contribution is -0.121. The molecule has 0 unspecified atom stereocenters. The van der Waals surface area contributed by atoms with Gasteiger partial charge in [-0.05, 0) is 24.1 Å². The number of thiazole rings is 1. The molecule has 3 N–H and O–H groups in total. The molecule has 0 atom stereocenters. The lowest BCUT2D eigenvalue weighted by Crippen LogP contribution is -2.23. The molecule has 0 radical (unpaired) electrons. The van der Waals surface area contributed by atoms with E-state index in [0.717, 1.165) is 11.3 Å². The average Bonchev–Trinajstić information content (AvgIpc) is 2.81. The highest BCUT2D eigenvalue weighted by Gasteiger charge is 2.04. The van der Waals surface area contributed by atoms with E-state index in [-0.39, 0.29) is 5.91 Å². The zero-order valence-corrected chi connectivity index (χ0v) is 10.6. The molecular weight excluding hydrogens is 248 g/mol. The molecule has 0 spiro atoms. The van der Waals surface area contributed by atoms with Crippen molar-refractivity contribution in [3.05, 3.63) is 41.2 Å². The Morgan fingerprint density at radius 1 is 1.39 bits per heavy atom. The molecule has 0 saturated carbocycles. The van der Waals surface area contributed by atoms with E-state index >= 15 is 0 Å². The summed E-state index contributed by atoms with van der Waals surface area (Å²) in [5, 5.41) is 5.19. The van der Waals surface area contributed by atoms with Gasteiger partial charge in [-0.25, -0.2) is 4.98 Å². The molecule has 94 valence electrons. The van der Waals surface area contributed by atoms with Crippen LogP contribution in [0.3, 0.4) is 0 Å². The van der Waals surface area contributed by atoms with E-state index in [1.165, 1.54) is 11.3 Å². The average molecular weight is 262 g/mol. The smallest absolute Gasteiger partial charge is 0.220 e. The fourth-order valence-corrected chi connectivity index (χ4v) is 2.05. The van der Waals surface area contributed by atoms with Gasteiger partial charge in [-0.2, -0.15) is 0 Å². The third-order valence-electron chi connectivity index (χ3n) is 2.43. The topological polar surface area (TPSA) is 80.9 Å². The summed E-state index contributed by atoms with van der Waals surface area (Å²) in [5.41, 5.74) is 7.42. The number of hydrogen-bond acceptors (Lipinski definition) is 5. The van der Waals surface area contributed by atoms with Crippen molar-refractivity contribution in [3.63, 3.8) is 0 Å². The number of rotatable bonds is 5. The van der Waals surface area contributed by atoms with Gasteiger partial charge in [-0.15, -0.1) is 11.3 Å². The molecule has 0 aliphatic carbocycles. The van der Waals surface area contributed by atoms with Crippen molar-refractivity contribution in [3.8, 4) is 0 Å². The second-order valence-electron chi connectivity index (χ2n) is 3.81. The first-order valence-electron chi connectivity index (χ1n) is 5.59. The Labute approximate surface area is 109 Å². The number of nitrogens with zero attached hydrogens (tertiary/aromatic N) is 2.